The maximum absolute atomic E-state index is 11.6. The fourth-order valence-electron chi connectivity index (χ4n) is 1.55. The molecule has 0 saturated heterocycles. The minimum absolute atomic E-state index is 0.222. The molecule has 0 aliphatic carbocycles. The summed E-state index contributed by atoms with van der Waals surface area (Å²) in [5, 5.41) is 3.07. The lowest BCUT2D eigenvalue weighted by Gasteiger charge is -2.12. The fraction of sp³-hybridized carbons (Fsp3) is 0.0909. The Kier molecular flexibility index (Phi) is 2.59. The first kappa shape index (κ1) is 10.2. The highest BCUT2D eigenvalue weighted by Gasteiger charge is 2.09. The molecular formula is C11H12N4O. The molecule has 1 aromatic carbocycles. The molecule has 1 amide bonds. The molecule has 82 valence electrons. The van der Waals surface area contributed by atoms with Gasteiger partial charge in [0.15, 0.2) is 5.96 Å². The van der Waals surface area contributed by atoms with E-state index in [1.807, 2.05) is 18.3 Å². The van der Waals surface area contributed by atoms with Gasteiger partial charge in [0.2, 0.25) is 0 Å². The number of carbonyl (C=O) groups is 1. The number of hydrogen-bond donors (Lipinski definition) is 3. The number of benzene rings is 1. The van der Waals surface area contributed by atoms with Crippen LogP contribution in [0.2, 0.25) is 0 Å². The van der Waals surface area contributed by atoms with Gasteiger partial charge in [0.05, 0.1) is 0 Å². The normalized spacial score (nSPS) is 12.5. The zero-order chi connectivity index (χ0) is 11.5. The van der Waals surface area contributed by atoms with E-state index in [1.165, 1.54) is 0 Å². The van der Waals surface area contributed by atoms with Gasteiger partial charge in [0.1, 0.15) is 0 Å². The number of aliphatic imine (C=N–C) groups is 1. The number of guanidine groups is 1. The van der Waals surface area contributed by atoms with Gasteiger partial charge in [-0.15, -0.1) is 0 Å². The Balaban J connectivity index is 2.34. The summed E-state index contributed by atoms with van der Waals surface area (Å²) in [4.78, 5) is 15.0. The average Bonchev–Trinajstić information content (AvgIpc) is 2.27. The van der Waals surface area contributed by atoms with Crippen LogP contribution >= 0.6 is 0 Å². The molecule has 2 rings (SSSR count). The van der Waals surface area contributed by atoms with Crippen molar-refractivity contribution >= 4 is 17.9 Å². The molecule has 1 aromatic rings. The van der Waals surface area contributed by atoms with Gasteiger partial charge in [0.25, 0.3) is 5.91 Å². The van der Waals surface area contributed by atoms with Crippen molar-refractivity contribution in [1.82, 2.24) is 5.32 Å². The first-order chi connectivity index (χ1) is 7.66. The van der Waals surface area contributed by atoms with Crippen molar-refractivity contribution in [1.29, 1.82) is 0 Å². The second-order valence-corrected chi connectivity index (χ2v) is 3.47. The highest BCUT2D eigenvalue weighted by Crippen LogP contribution is 2.17. The molecule has 5 N–H and O–H groups in total. The smallest absolute Gasteiger partial charge is 0.280 e. The zero-order valence-corrected chi connectivity index (χ0v) is 8.60. The van der Waals surface area contributed by atoms with Crippen molar-refractivity contribution in [3.63, 3.8) is 0 Å². The summed E-state index contributed by atoms with van der Waals surface area (Å²) in [6.07, 6.45) is 3.83. The molecule has 0 fully saturated rings. The Morgan fingerprint density at radius 1 is 1.38 bits per heavy atom. The maximum Gasteiger partial charge on any atom is 0.280 e. The Hall–Kier alpha value is -2.30. The number of fused-ring (bicyclic) bond motifs is 1. The number of nitrogens with two attached hydrogens (primary N) is 2. The van der Waals surface area contributed by atoms with Crippen LogP contribution in [-0.4, -0.2) is 11.9 Å². The van der Waals surface area contributed by atoms with Gasteiger partial charge >= 0.3 is 0 Å². The number of nitrogens with zero attached hydrogens (tertiary/aromatic N) is 1. The number of rotatable bonds is 1. The molecule has 0 atom stereocenters. The van der Waals surface area contributed by atoms with E-state index < -0.39 is 5.91 Å². The van der Waals surface area contributed by atoms with Gasteiger partial charge in [-0.2, -0.15) is 4.99 Å². The van der Waals surface area contributed by atoms with Crippen LogP contribution in [0.4, 0.5) is 0 Å². The van der Waals surface area contributed by atoms with Gasteiger partial charge in [-0.3, -0.25) is 4.79 Å². The van der Waals surface area contributed by atoms with Crippen molar-refractivity contribution < 1.29 is 4.79 Å². The van der Waals surface area contributed by atoms with Crippen molar-refractivity contribution in [2.24, 2.45) is 16.5 Å². The second-order valence-electron chi connectivity index (χ2n) is 3.47. The predicted octanol–water partition coefficient (Wildman–Crippen LogP) is 0.174. The van der Waals surface area contributed by atoms with E-state index in [9.17, 15) is 4.79 Å². The van der Waals surface area contributed by atoms with Gasteiger partial charge in [0, 0.05) is 12.1 Å². The summed E-state index contributed by atoms with van der Waals surface area (Å²) in [5.41, 5.74) is 12.9. The molecule has 0 unspecified atom stereocenters. The minimum atomic E-state index is -0.419. The third-order valence-electron chi connectivity index (χ3n) is 2.29. The lowest BCUT2D eigenvalue weighted by Crippen LogP contribution is -2.24. The van der Waals surface area contributed by atoms with E-state index in [1.54, 1.807) is 12.1 Å². The van der Waals surface area contributed by atoms with Crippen molar-refractivity contribution in [2.45, 2.75) is 6.54 Å². The van der Waals surface area contributed by atoms with Crippen LogP contribution < -0.4 is 16.8 Å². The van der Waals surface area contributed by atoms with E-state index in [4.69, 9.17) is 11.5 Å². The van der Waals surface area contributed by atoms with Crippen LogP contribution in [0.5, 0.6) is 0 Å². The lowest BCUT2D eigenvalue weighted by molar-refractivity contribution is 0.100. The first-order valence-corrected chi connectivity index (χ1v) is 4.83. The summed E-state index contributed by atoms with van der Waals surface area (Å²) >= 11 is 0. The molecule has 1 aliphatic rings. The molecule has 0 radical (unpaired) electrons. The maximum atomic E-state index is 11.6. The van der Waals surface area contributed by atoms with Gasteiger partial charge in [-0.1, -0.05) is 6.07 Å². The van der Waals surface area contributed by atoms with Gasteiger partial charge in [-0.25, -0.2) is 0 Å². The van der Waals surface area contributed by atoms with Gasteiger partial charge in [-0.05, 0) is 35.5 Å². The molecule has 0 spiro atoms. The number of hydrogen-bond acceptors (Lipinski definition) is 2. The molecule has 5 nitrogen and oxygen atoms in total. The Morgan fingerprint density at radius 2 is 2.19 bits per heavy atom. The third-order valence-corrected chi connectivity index (χ3v) is 2.29. The molecule has 0 aromatic heterocycles. The molecule has 0 bridgehead atoms. The van der Waals surface area contributed by atoms with Gasteiger partial charge < -0.3 is 16.8 Å². The van der Waals surface area contributed by atoms with Crippen LogP contribution in [0.1, 0.15) is 21.5 Å². The molecule has 1 heterocycles. The van der Waals surface area contributed by atoms with E-state index in [2.05, 4.69) is 10.3 Å². The highest BCUT2D eigenvalue weighted by atomic mass is 16.1. The van der Waals surface area contributed by atoms with E-state index >= 15 is 0 Å². The van der Waals surface area contributed by atoms with Crippen molar-refractivity contribution in [3.8, 4) is 0 Å². The van der Waals surface area contributed by atoms with E-state index in [0.717, 1.165) is 11.1 Å². The standard InChI is InChI=1S/C11H12N4O/c12-11(13)15-10(16)8-2-1-7-3-4-14-6-9(7)5-8/h1-5,14H,6H2,(H4,12,13,15,16). The highest BCUT2D eigenvalue weighted by molar-refractivity contribution is 6.02. The third kappa shape index (κ3) is 2.03. The first-order valence-electron chi connectivity index (χ1n) is 4.83. The van der Waals surface area contributed by atoms with E-state index in [0.29, 0.717) is 12.1 Å². The molecule has 5 heteroatoms. The summed E-state index contributed by atoms with van der Waals surface area (Å²) in [6, 6.07) is 5.38. The Bertz CT molecular complexity index is 487. The largest absolute Gasteiger partial charge is 0.387 e. The molecule has 1 aliphatic heterocycles. The summed E-state index contributed by atoms with van der Waals surface area (Å²) in [5.74, 6) is -0.641. The number of nitrogens with one attached hydrogen (secondary N) is 1. The van der Waals surface area contributed by atoms with Crippen LogP contribution in [0.25, 0.3) is 6.08 Å². The number of carbonyl (C=O) groups excluding carboxylic acids is 1. The lowest BCUT2D eigenvalue weighted by atomic mass is 10.0. The topological polar surface area (TPSA) is 93.5 Å². The Morgan fingerprint density at radius 3 is 2.94 bits per heavy atom. The SMILES string of the molecule is NC(N)=NC(=O)c1ccc2c(c1)CNC=C2. The molecule has 16 heavy (non-hydrogen) atoms. The fourth-order valence-corrected chi connectivity index (χ4v) is 1.55. The Labute approximate surface area is 92.8 Å². The van der Waals surface area contributed by atoms with Crippen LogP contribution in [0, 0.1) is 0 Å². The molecular weight excluding hydrogens is 204 g/mol. The molecule has 0 saturated carbocycles. The number of amides is 1. The average molecular weight is 216 g/mol. The van der Waals surface area contributed by atoms with Crippen molar-refractivity contribution in [3.05, 3.63) is 41.1 Å². The summed E-state index contributed by atoms with van der Waals surface area (Å²) in [7, 11) is 0. The van der Waals surface area contributed by atoms with Crippen LogP contribution in [0.15, 0.2) is 29.4 Å². The van der Waals surface area contributed by atoms with Crippen molar-refractivity contribution in [2.75, 3.05) is 0 Å². The monoisotopic (exact) mass is 216 g/mol. The summed E-state index contributed by atoms with van der Waals surface area (Å²) < 4.78 is 0. The van der Waals surface area contributed by atoms with Crippen LogP contribution in [-0.2, 0) is 6.54 Å². The minimum Gasteiger partial charge on any atom is -0.387 e. The summed E-state index contributed by atoms with van der Waals surface area (Å²) in [6.45, 7) is 0.703. The second kappa shape index (κ2) is 4.06. The zero-order valence-electron chi connectivity index (χ0n) is 8.60. The van der Waals surface area contributed by atoms with E-state index in [-0.39, 0.29) is 5.96 Å². The van der Waals surface area contributed by atoms with Crippen LogP contribution in [0.3, 0.4) is 0 Å². The predicted molar refractivity (Wildman–Crippen MR) is 62.5 cm³/mol. The quantitative estimate of drug-likeness (QED) is 0.461.